The van der Waals surface area contributed by atoms with E-state index in [0.717, 1.165) is 18.9 Å². The van der Waals surface area contributed by atoms with Crippen molar-refractivity contribution >= 4 is 12.6 Å². The van der Waals surface area contributed by atoms with Crippen molar-refractivity contribution in [2.24, 2.45) is 0 Å². The van der Waals surface area contributed by atoms with Gasteiger partial charge in [-0.15, -0.1) is 0 Å². The Kier molecular flexibility index (Phi) is 4.15. The van der Waals surface area contributed by atoms with Crippen molar-refractivity contribution < 1.29 is 19.2 Å². The largest absolute Gasteiger partial charge is 0.488 e. The van der Waals surface area contributed by atoms with Crippen molar-refractivity contribution in [3.8, 4) is 0 Å². The van der Waals surface area contributed by atoms with Crippen LogP contribution in [0, 0.1) is 5.82 Å². The molecule has 0 atom stereocenters. The van der Waals surface area contributed by atoms with Crippen LogP contribution >= 0.6 is 0 Å². The van der Waals surface area contributed by atoms with Gasteiger partial charge in [0.2, 0.25) is 0 Å². The smallest absolute Gasteiger partial charge is 0.423 e. The van der Waals surface area contributed by atoms with Crippen LogP contribution in [0.2, 0.25) is 0 Å². The van der Waals surface area contributed by atoms with Gasteiger partial charge in [0.25, 0.3) is 0 Å². The van der Waals surface area contributed by atoms with Crippen LogP contribution in [0.5, 0.6) is 0 Å². The molecule has 1 fully saturated rings. The zero-order valence-electron chi connectivity index (χ0n) is 9.60. The average molecular weight is 238 g/mol. The molecule has 0 aliphatic heterocycles. The lowest BCUT2D eigenvalue weighted by Crippen LogP contribution is -2.34. The summed E-state index contributed by atoms with van der Waals surface area (Å²) in [6.07, 6.45) is 4.73. The van der Waals surface area contributed by atoms with Gasteiger partial charge in [-0.25, -0.2) is 4.39 Å². The van der Waals surface area contributed by atoms with Gasteiger partial charge in [0.1, 0.15) is 5.82 Å². The van der Waals surface area contributed by atoms with E-state index in [9.17, 15) is 4.39 Å². The predicted molar refractivity (Wildman–Crippen MR) is 63.3 cm³/mol. The Labute approximate surface area is 100 Å². The Morgan fingerprint density at radius 2 is 2.00 bits per heavy atom. The highest BCUT2D eigenvalue weighted by molar-refractivity contribution is 6.59. The van der Waals surface area contributed by atoms with Crippen molar-refractivity contribution in [1.29, 1.82) is 0 Å². The Hall–Kier alpha value is -0.905. The molecule has 1 saturated carbocycles. The molecule has 0 heterocycles. The van der Waals surface area contributed by atoms with E-state index in [2.05, 4.69) is 0 Å². The van der Waals surface area contributed by atoms with Gasteiger partial charge in [-0.05, 0) is 36.0 Å². The van der Waals surface area contributed by atoms with Gasteiger partial charge in [0.05, 0.1) is 12.7 Å². The summed E-state index contributed by atoms with van der Waals surface area (Å²) in [5.74, 6) is -0.474. The second kappa shape index (κ2) is 5.62. The SMILES string of the molecule is OB(O)c1cc(F)ccc1COC1CCCC1. The molecular weight excluding hydrogens is 222 g/mol. The van der Waals surface area contributed by atoms with Crippen LogP contribution in [0.25, 0.3) is 0 Å². The molecule has 5 heteroatoms. The molecule has 3 nitrogen and oxygen atoms in total. The second-order valence-corrected chi connectivity index (χ2v) is 4.43. The van der Waals surface area contributed by atoms with Crippen LogP contribution in [-0.4, -0.2) is 23.3 Å². The Bertz CT molecular complexity index is 378. The van der Waals surface area contributed by atoms with Crippen LogP contribution in [0.3, 0.4) is 0 Å². The van der Waals surface area contributed by atoms with E-state index < -0.39 is 12.9 Å². The molecule has 2 N–H and O–H groups in total. The molecule has 1 aromatic rings. The maximum absolute atomic E-state index is 13.0. The summed E-state index contributed by atoms with van der Waals surface area (Å²) in [5, 5.41) is 18.3. The summed E-state index contributed by atoms with van der Waals surface area (Å²) in [5.41, 5.74) is 0.816. The lowest BCUT2D eigenvalue weighted by Gasteiger charge is -2.13. The molecule has 1 aromatic carbocycles. The van der Waals surface area contributed by atoms with Crippen LogP contribution in [0.4, 0.5) is 4.39 Å². The van der Waals surface area contributed by atoms with Gasteiger partial charge < -0.3 is 14.8 Å². The fourth-order valence-electron chi connectivity index (χ4n) is 2.20. The normalized spacial score (nSPS) is 16.4. The third-order valence-corrected chi connectivity index (χ3v) is 3.16. The van der Waals surface area contributed by atoms with Crippen molar-refractivity contribution in [3.63, 3.8) is 0 Å². The van der Waals surface area contributed by atoms with E-state index in [1.165, 1.54) is 18.9 Å². The van der Waals surface area contributed by atoms with Crippen molar-refractivity contribution in [3.05, 3.63) is 29.6 Å². The molecule has 0 radical (unpaired) electrons. The molecule has 0 aromatic heterocycles. The first-order valence-corrected chi connectivity index (χ1v) is 5.93. The molecule has 0 amide bonds. The number of benzene rings is 1. The molecule has 92 valence electrons. The minimum Gasteiger partial charge on any atom is -0.423 e. The van der Waals surface area contributed by atoms with E-state index >= 15 is 0 Å². The minimum atomic E-state index is -1.66. The zero-order chi connectivity index (χ0) is 12.3. The van der Waals surface area contributed by atoms with Crippen molar-refractivity contribution in [2.45, 2.75) is 38.4 Å². The fourth-order valence-corrected chi connectivity index (χ4v) is 2.20. The summed E-state index contributed by atoms with van der Waals surface area (Å²) in [7, 11) is -1.66. The topological polar surface area (TPSA) is 49.7 Å². The first-order valence-electron chi connectivity index (χ1n) is 5.93. The summed E-state index contributed by atoms with van der Waals surface area (Å²) in [6, 6.07) is 3.98. The van der Waals surface area contributed by atoms with Gasteiger partial charge in [0, 0.05) is 0 Å². The summed E-state index contributed by atoms with van der Waals surface area (Å²) in [4.78, 5) is 0. The number of ether oxygens (including phenoxy) is 1. The van der Waals surface area contributed by atoms with E-state index in [1.54, 1.807) is 6.07 Å². The fraction of sp³-hybridized carbons (Fsp3) is 0.500. The third kappa shape index (κ3) is 3.28. The molecular formula is C12H16BFO3. The first kappa shape index (κ1) is 12.5. The maximum atomic E-state index is 13.0. The molecule has 0 spiro atoms. The molecule has 1 aliphatic rings. The van der Waals surface area contributed by atoms with Gasteiger partial charge in [-0.2, -0.15) is 0 Å². The Morgan fingerprint density at radius 1 is 1.29 bits per heavy atom. The predicted octanol–water partition coefficient (Wildman–Crippen LogP) is 0.965. The molecule has 0 saturated heterocycles. The van der Waals surface area contributed by atoms with E-state index in [0.29, 0.717) is 12.2 Å². The Morgan fingerprint density at radius 3 is 2.65 bits per heavy atom. The second-order valence-electron chi connectivity index (χ2n) is 4.43. The van der Waals surface area contributed by atoms with Crippen LogP contribution in [0.15, 0.2) is 18.2 Å². The van der Waals surface area contributed by atoms with E-state index in [1.807, 2.05) is 0 Å². The minimum absolute atomic E-state index is 0.183. The Balaban J connectivity index is 2.03. The van der Waals surface area contributed by atoms with Gasteiger partial charge in [-0.3, -0.25) is 0 Å². The van der Waals surface area contributed by atoms with E-state index in [4.69, 9.17) is 14.8 Å². The lowest BCUT2D eigenvalue weighted by molar-refractivity contribution is 0.0460. The summed E-state index contributed by atoms with van der Waals surface area (Å²) >= 11 is 0. The highest BCUT2D eigenvalue weighted by Crippen LogP contribution is 2.21. The highest BCUT2D eigenvalue weighted by Gasteiger charge is 2.19. The monoisotopic (exact) mass is 238 g/mol. The van der Waals surface area contributed by atoms with Crippen molar-refractivity contribution in [2.75, 3.05) is 0 Å². The molecule has 1 aliphatic carbocycles. The number of hydrogen-bond acceptors (Lipinski definition) is 3. The number of rotatable bonds is 4. The van der Waals surface area contributed by atoms with Crippen LogP contribution < -0.4 is 5.46 Å². The third-order valence-electron chi connectivity index (χ3n) is 3.16. The van der Waals surface area contributed by atoms with Gasteiger partial charge >= 0.3 is 7.12 Å². The number of halogens is 1. The van der Waals surface area contributed by atoms with Gasteiger partial charge in [0.15, 0.2) is 0 Å². The first-order chi connectivity index (χ1) is 8.16. The quantitative estimate of drug-likeness (QED) is 0.768. The van der Waals surface area contributed by atoms with Crippen molar-refractivity contribution in [1.82, 2.24) is 0 Å². The van der Waals surface area contributed by atoms with E-state index in [-0.39, 0.29) is 11.6 Å². The highest BCUT2D eigenvalue weighted by atomic mass is 19.1. The van der Waals surface area contributed by atoms with Gasteiger partial charge in [-0.1, -0.05) is 18.9 Å². The molecule has 0 unspecified atom stereocenters. The number of hydrogen-bond donors (Lipinski definition) is 2. The lowest BCUT2D eigenvalue weighted by atomic mass is 9.77. The summed E-state index contributed by atoms with van der Waals surface area (Å²) in [6.45, 7) is 0.303. The van der Waals surface area contributed by atoms with Crippen LogP contribution in [0.1, 0.15) is 31.2 Å². The standard InChI is InChI=1S/C12H16BFO3/c14-10-6-5-9(12(7-10)13(15)16)8-17-11-3-1-2-4-11/h5-7,11,15-16H,1-4,8H2. The van der Waals surface area contributed by atoms with Crippen LogP contribution in [-0.2, 0) is 11.3 Å². The summed E-state index contributed by atoms with van der Waals surface area (Å²) < 4.78 is 18.7. The maximum Gasteiger partial charge on any atom is 0.488 e. The molecule has 2 rings (SSSR count). The zero-order valence-corrected chi connectivity index (χ0v) is 9.60. The molecule has 17 heavy (non-hydrogen) atoms. The average Bonchev–Trinajstić information content (AvgIpc) is 2.80. The molecule has 0 bridgehead atoms.